The Morgan fingerprint density at radius 2 is 2.21 bits per heavy atom. The summed E-state index contributed by atoms with van der Waals surface area (Å²) in [6, 6.07) is 0. The van der Waals surface area contributed by atoms with E-state index < -0.39 is 11.4 Å². The first kappa shape index (κ1) is 10.5. The molecule has 0 saturated carbocycles. The molecule has 0 spiro atoms. The fraction of sp³-hybridized carbons (Fsp3) is 0.625. The lowest BCUT2D eigenvalue weighted by Gasteiger charge is -2.20. The molecular weight excluding hydrogens is 186 g/mol. The minimum atomic E-state index is -0.854. The monoisotopic (exact) mass is 199 g/mol. The zero-order chi connectivity index (χ0) is 10.8. The molecule has 3 N–H and O–H groups in total. The van der Waals surface area contributed by atoms with E-state index in [1.807, 2.05) is 13.8 Å². The predicted molar refractivity (Wildman–Crippen MR) is 48.9 cm³/mol. The largest absolute Gasteiger partial charge is 0.481 e. The minimum absolute atomic E-state index is 0.0435. The van der Waals surface area contributed by atoms with Crippen LogP contribution in [0.5, 0.6) is 0 Å². The number of hydrogen-bond acceptors (Lipinski definition) is 3. The summed E-state index contributed by atoms with van der Waals surface area (Å²) in [5.74, 6) is -0.367. The first-order chi connectivity index (χ1) is 6.39. The van der Waals surface area contributed by atoms with Crippen LogP contribution in [-0.2, 0) is 11.2 Å². The highest BCUT2D eigenvalue weighted by molar-refractivity contribution is 5.67. The Morgan fingerprint density at radius 1 is 1.57 bits per heavy atom. The van der Waals surface area contributed by atoms with Gasteiger partial charge in [0.2, 0.25) is 0 Å². The van der Waals surface area contributed by atoms with Gasteiger partial charge in [0.25, 0.3) is 0 Å². The molecule has 0 radical (unpaired) electrons. The van der Waals surface area contributed by atoms with Crippen molar-refractivity contribution in [3.8, 4) is 0 Å². The second kappa shape index (κ2) is 3.65. The van der Waals surface area contributed by atoms with E-state index in [-0.39, 0.29) is 12.1 Å². The van der Waals surface area contributed by atoms with Gasteiger partial charge in [0.15, 0.2) is 0 Å². The van der Waals surface area contributed by atoms with Gasteiger partial charge in [-0.25, -0.2) is 9.89 Å². The van der Waals surface area contributed by atoms with Crippen LogP contribution in [0, 0.1) is 5.41 Å². The number of carbonyl (C=O) groups is 1. The van der Waals surface area contributed by atoms with Gasteiger partial charge in [-0.3, -0.25) is 9.78 Å². The molecule has 0 aromatic carbocycles. The number of carboxylic acid groups (broad SMARTS) is 1. The topological polar surface area (TPSA) is 98.8 Å². The lowest BCUT2D eigenvalue weighted by Crippen LogP contribution is -2.20. The fourth-order valence-electron chi connectivity index (χ4n) is 1.31. The minimum Gasteiger partial charge on any atom is -0.481 e. The van der Waals surface area contributed by atoms with Crippen LogP contribution in [0.25, 0.3) is 0 Å². The van der Waals surface area contributed by atoms with Gasteiger partial charge < -0.3 is 5.11 Å². The molecule has 0 atom stereocenters. The molecule has 0 amide bonds. The summed E-state index contributed by atoms with van der Waals surface area (Å²) in [5.41, 5.74) is -0.782. The number of hydrogen-bond donors (Lipinski definition) is 3. The predicted octanol–water partition coefficient (Wildman–Crippen LogP) is 0.141. The lowest BCUT2D eigenvalue weighted by atomic mass is 9.85. The van der Waals surface area contributed by atoms with E-state index in [9.17, 15) is 9.59 Å². The Morgan fingerprint density at radius 3 is 2.64 bits per heavy atom. The van der Waals surface area contributed by atoms with Gasteiger partial charge >= 0.3 is 11.7 Å². The first-order valence-electron chi connectivity index (χ1n) is 4.24. The lowest BCUT2D eigenvalue weighted by molar-refractivity contribution is -0.139. The first-order valence-corrected chi connectivity index (χ1v) is 4.24. The van der Waals surface area contributed by atoms with Crippen LogP contribution >= 0.6 is 0 Å². The molecule has 6 nitrogen and oxygen atoms in total. The van der Waals surface area contributed by atoms with E-state index in [0.29, 0.717) is 12.2 Å². The highest BCUT2D eigenvalue weighted by atomic mass is 16.4. The maximum atomic E-state index is 10.7. The third-order valence-corrected chi connectivity index (χ3v) is 1.83. The molecule has 0 fully saturated rings. The Bertz CT molecular complexity index is 377. The maximum Gasteiger partial charge on any atom is 0.340 e. The van der Waals surface area contributed by atoms with Gasteiger partial charge in [-0.2, -0.15) is 5.10 Å². The van der Waals surface area contributed by atoms with E-state index >= 15 is 0 Å². The van der Waals surface area contributed by atoms with Crippen LogP contribution in [0.4, 0.5) is 0 Å². The molecule has 0 bridgehead atoms. The van der Waals surface area contributed by atoms with E-state index in [1.165, 1.54) is 0 Å². The molecular formula is C8H13N3O3. The van der Waals surface area contributed by atoms with E-state index in [1.54, 1.807) is 0 Å². The molecule has 0 aliphatic heterocycles. The Hall–Kier alpha value is -1.59. The summed E-state index contributed by atoms with van der Waals surface area (Å²) in [6.45, 7) is 3.63. The van der Waals surface area contributed by atoms with Crippen molar-refractivity contribution in [3.63, 3.8) is 0 Å². The molecule has 1 heterocycles. The van der Waals surface area contributed by atoms with Crippen molar-refractivity contribution in [1.82, 2.24) is 15.2 Å². The number of rotatable bonds is 4. The molecule has 0 aliphatic rings. The highest BCUT2D eigenvalue weighted by Gasteiger charge is 2.23. The van der Waals surface area contributed by atoms with E-state index in [2.05, 4.69) is 15.2 Å². The van der Waals surface area contributed by atoms with Gasteiger partial charge in [0.1, 0.15) is 5.82 Å². The highest BCUT2D eigenvalue weighted by Crippen LogP contribution is 2.23. The number of nitrogens with zero attached hydrogens (tertiary/aromatic N) is 1. The number of carboxylic acids is 1. The van der Waals surface area contributed by atoms with Crippen LogP contribution in [0.2, 0.25) is 0 Å². The number of aliphatic carboxylic acids is 1. The molecule has 0 unspecified atom stereocenters. The summed E-state index contributed by atoms with van der Waals surface area (Å²) in [4.78, 5) is 23.7. The molecule has 1 aromatic rings. The van der Waals surface area contributed by atoms with Crippen molar-refractivity contribution in [2.24, 2.45) is 5.41 Å². The maximum absolute atomic E-state index is 10.7. The molecule has 6 heteroatoms. The number of aromatic amines is 2. The van der Waals surface area contributed by atoms with Crippen LogP contribution in [0.1, 0.15) is 26.1 Å². The Kier molecular flexibility index (Phi) is 2.73. The molecule has 0 aliphatic carbocycles. The second-order valence-corrected chi connectivity index (χ2v) is 4.04. The van der Waals surface area contributed by atoms with Crippen molar-refractivity contribution >= 4 is 5.97 Å². The van der Waals surface area contributed by atoms with Crippen LogP contribution in [-0.4, -0.2) is 26.3 Å². The van der Waals surface area contributed by atoms with Crippen molar-refractivity contribution < 1.29 is 9.90 Å². The Balaban J connectivity index is 2.67. The van der Waals surface area contributed by atoms with Crippen LogP contribution in [0.15, 0.2) is 4.79 Å². The summed E-state index contributed by atoms with van der Waals surface area (Å²) < 4.78 is 0. The van der Waals surface area contributed by atoms with Crippen LogP contribution < -0.4 is 5.69 Å². The summed E-state index contributed by atoms with van der Waals surface area (Å²) in [7, 11) is 0. The van der Waals surface area contributed by atoms with Gasteiger partial charge in [0.05, 0.1) is 6.42 Å². The average Bonchev–Trinajstić information content (AvgIpc) is 2.30. The molecule has 1 aromatic heterocycles. The number of H-pyrrole nitrogens is 2. The normalized spacial score (nSPS) is 11.6. The van der Waals surface area contributed by atoms with Crippen LogP contribution in [0.3, 0.4) is 0 Å². The average molecular weight is 199 g/mol. The molecule has 0 saturated heterocycles. The molecule has 1 rings (SSSR count). The SMILES string of the molecule is CC(C)(CC(=O)O)Cc1n[nH]c(=O)[nH]1. The van der Waals surface area contributed by atoms with Gasteiger partial charge in [-0.15, -0.1) is 0 Å². The van der Waals surface area contributed by atoms with Crippen molar-refractivity contribution in [1.29, 1.82) is 0 Å². The smallest absolute Gasteiger partial charge is 0.340 e. The number of nitrogens with one attached hydrogen (secondary N) is 2. The van der Waals surface area contributed by atoms with Crippen molar-refractivity contribution in [2.75, 3.05) is 0 Å². The Labute approximate surface area is 80.4 Å². The van der Waals surface area contributed by atoms with Crippen molar-refractivity contribution in [2.45, 2.75) is 26.7 Å². The molecule has 78 valence electrons. The van der Waals surface area contributed by atoms with Crippen molar-refractivity contribution in [3.05, 3.63) is 16.3 Å². The van der Waals surface area contributed by atoms with Gasteiger partial charge in [-0.1, -0.05) is 13.8 Å². The van der Waals surface area contributed by atoms with E-state index in [4.69, 9.17) is 5.11 Å². The standard InChI is InChI=1S/C8H13N3O3/c1-8(2,4-6(12)13)3-5-9-7(14)11-10-5/h3-4H2,1-2H3,(H,12,13)(H2,9,10,11,14). The van der Waals surface area contributed by atoms with E-state index in [0.717, 1.165) is 0 Å². The zero-order valence-corrected chi connectivity index (χ0v) is 8.13. The number of aromatic nitrogens is 3. The summed E-state index contributed by atoms with van der Waals surface area (Å²) in [5, 5.41) is 14.6. The second-order valence-electron chi connectivity index (χ2n) is 4.04. The zero-order valence-electron chi connectivity index (χ0n) is 8.13. The summed E-state index contributed by atoms with van der Waals surface area (Å²) >= 11 is 0. The quantitative estimate of drug-likeness (QED) is 0.642. The third-order valence-electron chi connectivity index (χ3n) is 1.83. The molecule has 14 heavy (non-hydrogen) atoms. The van der Waals surface area contributed by atoms with Gasteiger partial charge in [0, 0.05) is 6.42 Å². The fourth-order valence-corrected chi connectivity index (χ4v) is 1.31. The third kappa shape index (κ3) is 3.04. The van der Waals surface area contributed by atoms with Gasteiger partial charge in [-0.05, 0) is 5.41 Å². The summed E-state index contributed by atoms with van der Waals surface area (Å²) in [6.07, 6.45) is 0.472.